The van der Waals surface area contributed by atoms with Gasteiger partial charge in [0.1, 0.15) is 6.54 Å². The van der Waals surface area contributed by atoms with Crippen molar-refractivity contribution in [2.75, 3.05) is 19.6 Å². The molecule has 2 aliphatic heterocycles. The molecule has 40 heavy (non-hydrogen) atoms. The van der Waals surface area contributed by atoms with E-state index in [0.717, 1.165) is 68.4 Å². The number of amides is 3. The first-order valence-electron chi connectivity index (χ1n) is 13.0. The van der Waals surface area contributed by atoms with Gasteiger partial charge in [0.05, 0.1) is 9.83 Å². The number of imide groups is 1. The van der Waals surface area contributed by atoms with Crippen LogP contribution < -0.4 is 0 Å². The van der Waals surface area contributed by atoms with Crippen LogP contribution in [0.4, 0.5) is 10.5 Å². The smallest absolute Gasteiger partial charge is 0.294 e. The Balaban J connectivity index is 1.30. The number of benzene rings is 2. The second-order valence-corrected chi connectivity index (χ2v) is 11.9. The molecule has 2 aromatic carbocycles. The summed E-state index contributed by atoms with van der Waals surface area (Å²) in [6, 6.07) is 16.4. The SMILES string of the molecule is Cc1cc(/C=C2\SC(=O)N(CC(=O)N3CCCCC3)C2=O)c(C)n1-c1ccc(Sc2ccc([N+](=O)[O-])cc2)cc1. The third-order valence-corrected chi connectivity index (χ3v) is 8.93. The Bertz CT molecular complexity index is 1510. The van der Waals surface area contributed by atoms with Gasteiger partial charge >= 0.3 is 0 Å². The third kappa shape index (κ3) is 5.85. The minimum Gasteiger partial charge on any atom is -0.341 e. The van der Waals surface area contributed by atoms with Crippen LogP contribution in [0.1, 0.15) is 36.2 Å². The number of thioether (sulfide) groups is 1. The molecule has 0 spiro atoms. The lowest BCUT2D eigenvalue weighted by Crippen LogP contribution is -2.44. The summed E-state index contributed by atoms with van der Waals surface area (Å²) in [4.78, 5) is 53.8. The van der Waals surface area contributed by atoms with Crippen molar-refractivity contribution in [3.63, 3.8) is 0 Å². The Hall–Kier alpha value is -3.83. The Labute approximate surface area is 240 Å². The molecule has 5 rings (SSSR count). The molecule has 2 fully saturated rings. The predicted molar refractivity (Wildman–Crippen MR) is 156 cm³/mol. The van der Waals surface area contributed by atoms with Gasteiger partial charge in [-0.3, -0.25) is 29.4 Å². The predicted octanol–water partition coefficient (Wildman–Crippen LogP) is 6.20. The summed E-state index contributed by atoms with van der Waals surface area (Å²) in [5, 5.41) is 10.5. The van der Waals surface area contributed by atoms with E-state index < -0.39 is 16.1 Å². The number of rotatable bonds is 7. The molecule has 0 unspecified atom stereocenters. The van der Waals surface area contributed by atoms with E-state index in [1.807, 2.05) is 44.2 Å². The largest absolute Gasteiger partial charge is 0.341 e. The van der Waals surface area contributed by atoms with Gasteiger partial charge in [-0.15, -0.1) is 0 Å². The van der Waals surface area contributed by atoms with Crippen molar-refractivity contribution in [3.8, 4) is 5.69 Å². The summed E-state index contributed by atoms with van der Waals surface area (Å²) in [6.07, 6.45) is 4.72. The fourth-order valence-electron chi connectivity index (χ4n) is 4.92. The van der Waals surface area contributed by atoms with Gasteiger partial charge in [0.2, 0.25) is 5.91 Å². The zero-order valence-electron chi connectivity index (χ0n) is 22.2. The van der Waals surface area contributed by atoms with E-state index in [9.17, 15) is 24.5 Å². The van der Waals surface area contributed by atoms with E-state index in [4.69, 9.17) is 0 Å². The highest BCUT2D eigenvalue weighted by atomic mass is 32.2. The standard InChI is InChI=1S/C29H28N4O5S2/c1-19-16-21(17-26-28(35)31(29(36)40-26)18-27(34)30-14-4-3-5-15-30)20(2)32(19)22-6-10-24(11-7-22)39-25-12-8-23(9-13-25)33(37)38/h6-13,16-17H,3-5,14-15,18H2,1-2H3/b26-17-. The van der Waals surface area contributed by atoms with Crippen molar-refractivity contribution < 1.29 is 19.3 Å². The topological polar surface area (TPSA) is 106 Å². The summed E-state index contributed by atoms with van der Waals surface area (Å²) in [7, 11) is 0. The fraction of sp³-hybridized carbons (Fsp3) is 0.276. The van der Waals surface area contributed by atoms with Crippen molar-refractivity contribution >= 4 is 52.3 Å². The Morgan fingerprint density at radius 1 is 1.00 bits per heavy atom. The Morgan fingerprint density at radius 2 is 1.62 bits per heavy atom. The second kappa shape index (κ2) is 11.7. The molecular formula is C29H28N4O5S2. The van der Waals surface area contributed by atoms with Gasteiger partial charge in [0.15, 0.2) is 0 Å². The minimum atomic E-state index is -0.433. The Morgan fingerprint density at radius 3 is 2.25 bits per heavy atom. The van der Waals surface area contributed by atoms with Gasteiger partial charge < -0.3 is 9.47 Å². The molecule has 3 heterocycles. The minimum absolute atomic E-state index is 0.0600. The highest BCUT2D eigenvalue weighted by Crippen LogP contribution is 2.34. The van der Waals surface area contributed by atoms with Crippen LogP contribution in [0.2, 0.25) is 0 Å². The monoisotopic (exact) mass is 576 g/mol. The van der Waals surface area contributed by atoms with Crippen LogP contribution in [-0.4, -0.2) is 56.0 Å². The number of hydrogen-bond acceptors (Lipinski definition) is 7. The zero-order chi connectivity index (χ0) is 28.4. The van der Waals surface area contributed by atoms with E-state index in [1.54, 1.807) is 23.1 Å². The van der Waals surface area contributed by atoms with Gasteiger partial charge in [-0.2, -0.15) is 0 Å². The average molecular weight is 577 g/mol. The molecule has 0 aliphatic carbocycles. The van der Waals surface area contributed by atoms with E-state index in [-0.39, 0.29) is 18.1 Å². The van der Waals surface area contributed by atoms with Crippen LogP contribution in [0.5, 0.6) is 0 Å². The summed E-state index contributed by atoms with van der Waals surface area (Å²) in [6.45, 7) is 5.07. The second-order valence-electron chi connectivity index (χ2n) is 9.72. The number of aromatic nitrogens is 1. The molecule has 0 radical (unpaired) electrons. The molecule has 206 valence electrons. The number of likely N-dealkylation sites (tertiary alicyclic amines) is 1. The van der Waals surface area contributed by atoms with Gasteiger partial charge in [-0.05, 0) is 99.0 Å². The van der Waals surface area contributed by atoms with Crippen molar-refractivity contribution in [3.05, 3.63) is 86.6 Å². The number of nitrogens with zero attached hydrogens (tertiary/aromatic N) is 4. The number of nitro benzene ring substituents is 1. The number of carbonyl (C=O) groups is 3. The molecule has 0 N–H and O–H groups in total. The maximum Gasteiger partial charge on any atom is 0.294 e. The number of carbonyl (C=O) groups excluding carboxylic acids is 3. The molecule has 2 saturated heterocycles. The van der Waals surface area contributed by atoms with Crippen LogP contribution in [-0.2, 0) is 9.59 Å². The molecule has 11 heteroatoms. The molecule has 3 aromatic rings. The summed E-state index contributed by atoms with van der Waals surface area (Å²) in [5.41, 5.74) is 3.73. The van der Waals surface area contributed by atoms with Crippen molar-refractivity contribution in [2.45, 2.75) is 42.9 Å². The van der Waals surface area contributed by atoms with Crippen LogP contribution in [0.25, 0.3) is 11.8 Å². The maximum atomic E-state index is 13.1. The highest BCUT2D eigenvalue weighted by molar-refractivity contribution is 8.18. The van der Waals surface area contributed by atoms with Crippen LogP contribution in [0, 0.1) is 24.0 Å². The first-order valence-corrected chi connectivity index (χ1v) is 14.6. The van der Waals surface area contributed by atoms with Gasteiger partial charge in [0, 0.05) is 52.1 Å². The first kappa shape index (κ1) is 27.7. The normalized spacial score (nSPS) is 16.7. The summed E-state index contributed by atoms with van der Waals surface area (Å²) < 4.78 is 2.08. The quantitative estimate of drug-likeness (QED) is 0.187. The van der Waals surface area contributed by atoms with Gasteiger partial charge in [-0.25, -0.2) is 0 Å². The number of piperidine rings is 1. The average Bonchev–Trinajstić information content (AvgIpc) is 3.38. The van der Waals surface area contributed by atoms with Crippen molar-refractivity contribution in [1.82, 2.24) is 14.4 Å². The van der Waals surface area contributed by atoms with Gasteiger partial charge in [-0.1, -0.05) is 11.8 Å². The molecule has 1 aromatic heterocycles. The van der Waals surface area contributed by atoms with Crippen molar-refractivity contribution in [2.24, 2.45) is 0 Å². The Kier molecular flexibility index (Phi) is 8.13. The molecule has 0 saturated carbocycles. The van der Waals surface area contributed by atoms with E-state index in [2.05, 4.69) is 4.57 Å². The number of non-ortho nitro benzene ring substituents is 1. The fourth-order valence-corrected chi connectivity index (χ4v) is 6.57. The highest BCUT2D eigenvalue weighted by Gasteiger charge is 2.37. The van der Waals surface area contributed by atoms with Gasteiger partial charge in [0.25, 0.3) is 16.8 Å². The molecule has 0 bridgehead atoms. The summed E-state index contributed by atoms with van der Waals surface area (Å²) in [5.74, 6) is -0.616. The first-order chi connectivity index (χ1) is 19.2. The van der Waals surface area contributed by atoms with E-state index in [0.29, 0.717) is 18.0 Å². The molecule has 0 atom stereocenters. The molecule has 9 nitrogen and oxygen atoms in total. The number of aryl methyl sites for hydroxylation is 1. The maximum absolute atomic E-state index is 13.1. The summed E-state index contributed by atoms with van der Waals surface area (Å²) >= 11 is 2.38. The third-order valence-electron chi connectivity index (χ3n) is 7.01. The van der Waals surface area contributed by atoms with Crippen LogP contribution in [0.3, 0.4) is 0 Å². The van der Waals surface area contributed by atoms with E-state index in [1.165, 1.54) is 23.9 Å². The lowest BCUT2D eigenvalue weighted by atomic mass is 10.1. The molecular weight excluding hydrogens is 548 g/mol. The lowest BCUT2D eigenvalue weighted by Gasteiger charge is -2.27. The lowest BCUT2D eigenvalue weighted by molar-refractivity contribution is -0.384. The zero-order valence-corrected chi connectivity index (χ0v) is 23.8. The number of hydrogen-bond donors (Lipinski definition) is 0. The van der Waals surface area contributed by atoms with Crippen LogP contribution >= 0.6 is 23.5 Å². The molecule has 2 aliphatic rings. The van der Waals surface area contributed by atoms with E-state index >= 15 is 0 Å². The van der Waals surface area contributed by atoms with Crippen LogP contribution in [0.15, 0.2) is 69.3 Å². The van der Waals surface area contributed by atoms with Crippen molar-refractivity contribution in [1.29, 1.82) is 0 Å². The molecule has 3 amide bonds. The number of nitro groups is 1.